The molecule has 7 heteroatoms. The quantitative estimate of drug-likeness (QED) is 0.310. The largest absolute Gasteiger partial charge is 0.550 e. The highest BCUT2D eigenvalue weighted by atomic mass is 17.2. The highest BCUT2D eigenvalue weighted by Crippen LogP contribution is 1.96. The minimum atomic E-state index is -1.15. The van der Waals surface area contributed by atoms with Crippen LogP contribution in [0, 0.1) is 0 Å². The molecule has 0 heterocycles. The van der Waals surface area contributed by atoms with E-state index in [0.717, 1.165) is 0 Å². The van der Waals surface area contributed by atoms with Crippen molar-refractivity contribution in [3.63, 3.8) is 0 Å². The van der Waals surface area contributed by atoms with Crippen LogP contribution in [0.3, 0.4) is 0 Å². The van der Waals surface area contributed by atoms with Crippen molar-refractivity contribution < 1.29 is 33.6 Å². The first-order valence-electron chi connectivity index (χ1n) is 4.69. The molecule has 0 saturated carbocycles. The molecule has 0 radical (unpaired) electrons. The summed E-state index contributed by atoms with van der Waals surface area (Å²) in [6.45, 7) is 4.95. The molecule has 0 rings (SSSR count). The van der Waals surface area contributed by atoms with Gasteiger partial charge in [-0.1, -0.05) is 0 Å². The van der Waals surface area contributed by atoms with Gasteiger partial charge in [-0.3, -0.25) is 4.79 Å². The molecule has 16 heavy (non-hydrogen) atoms. The standard InChI is InChI=1S/C9H14O7/c1-4-13-7(10)5-8(11)15-16-9(12)14-6(2)3/h6H,4-5H2,1-3H3. The van der Waals surface area contributed by atoms with Gasteiger partial charge in [0.05, 0.1) is 12.7 Å². The summed E-state index contributed by atoms with van der Waals surface area (Å²) in [5, 5.41) is 0. The van der Waals surface area contributed by atoms with E-state index in [2.05, 4.69) is 19.2 Å². The lowest BCUT2D eigenvalue weighted by atomic mass is 10.4. The normalized spacial score (nSPS) is 9.50. The second-order valence-corrected chi connectivity index (χ2v) is 2.94. The van der Waals surface area contributed by atoms with Gasteiger partial charge in [-0.05, 0) is 20.8 Å². The Morgan fingerprint density at radius 1 is 1.06 bits per heavy atom. The van der Waals surface area contributed by atoms with Gasteiger partial charge >= 0.3 is 18.1 Å². The number of carbonyl (C=O) groups is 3. The third kappa shape index (κ3) is 7.60. The molecule has 0 fully saturated rings. The van der Waals surface area contributed by atoms with Crippen LogP contribution >= 0.6 is 0 Å². The van der Waals surface area contributed by atoms with Gasteiger partial charge in [0, 0.05) is 0 Å². The van der Waals surface area contributed by atoms with Gasteiger partial charge < -0.3 is 9.47 Å². The second-order valence-electron chi connectivity index (χ2n) is 2.94. The minimum absolute atomic E-state index is 0.155. The second kappa shape index (κ2) is 7.49. The van der Waals surface area contributed by atoms with E-state index in [9.17, 15) is 14.4 Å². The molecule has 0 saturated heterocycles. The van der Waals surface area contributed by atoms with Crippen LogP contribution in [0.1, 0.15) is 27.2 Å². The summed E-state index contributed by atoms with van der Waals surface area (Å²) in [4.78, 5) is 40.4. The number of esters is 1. The predicted octanol–water partition coefficient (Wildman–Crippen LogP) is 0.959. The molecule has 0 aromatic heterocycles. The van der Waals surface area contributed by atoms with Gasteiger partial charge in [0.2, 0.25) is 0 Å². The summed E-state index contributed by atoms with van der Waals surface area (Å²) >= 11 is 0. The Morgan fingerprint density at radius 3 is 2.19 bits per heavy atom. The van der Waals surface area contributed by atoms with Crippen molar-refractivity contribution in [3.05, 3.63) is 0 Å². The van der Waals surface area contributed by atoms with Gasteiger partial charge in [0.1, 0.15) is 6.42 Å². The number of rotatable bonds is 4. The fourth-order valence-electron chi connectivity index (χ4n) is 0.652. The highest BCUT2D eigenvalue weighted by molar-refractivity contribution is 5.91. The van der Waals surface area contributed by atoms with Gasteiger partial charge in [-0.15, -0.1) is 0 Å². The van der Waals surface area contributed by atoms with Gasteiger partial charge in [-0.25, -0.2) is 14.6 Å². The fraction of sp³-hybridized carbons (Fsp3) is 0.667. The maximum absolute atomic E-state index is 10.9. The zero-order chi connectivity index (χ0) is 12.6. The Balaban J connectivity index is 3.73. The Morgan fingerprint density at radius 2 is 1.69 bits per heavy atom. The molecule has 0 bridgehead atoms. The molecule has 0 aromatic rings. The topological polar surface area (TPSA) is 88.1 Å². The smallest absolute Gasteiger partial charge is 0.466 e. The zero-order valence-electron chi connectivity index (χ0n) is 9.35. The van der Waals surface area contributed by atoms with E-state index in [1.54, 1.807) is 20.8 Å². The molecule has 0 aromatic carbocycles. The van der Waals surface area contributed by atoms with Crippen LogP contribution < -0.4 is 0 Å². The molecule has 0 spiro atoms. The van der Waals surface area contributed by atoms with E-state index in [1.807, 2.05) is 0 Å². The molecule has 92 valence electrons. The lowest BCUT2D eigenvalue weighted by molar-refractivity contribution is -0.245. The number of carbonyl (C=O) groups excluding carboxylic acids is 3. The van der Waals surface area contributed by atoms with Crippen molar-refractivity contribution in [2.75, 3.05) is 6.61 Å². The van der Waals surface area contributed by atoms with Crippen molar-refractivity contribution in [3.8, 4) is 0 Å². The summed E-state index contributed by atoms with van der Waals surface area (Å²) in [6.07, 6.45) is -2.16. The molecule has 0 aliphatic carbocycles. The van der Waals surface area contributed by atoms with Gasteiger partial charge in [-0.2, -0.15) is 4.79 Å². The van der Waals surface area contributed by atoms with Crippen LogP contribution in [0.4, 0.5) is 4.79 Å². The van der Waals surface area contributed by atoms with Crippen molar-refractivity contribution >= 4 is 18.1 Å². The summed E-state index contributed by atoms with van der Waals surface area (Å²) in [6, 6.07) is 0. The first-order chi connectivity index (χ1) is 7.45. The van der Waals surface area contributed by atoms with Crippen molar-refractivity contribution in [2.24, 2.45) is 0 Å². The molecule has 0 aliphatic rings. The maximum atomic E-state index is 10.9. The molecular weight excluding hydrogens is 220 g/mol. The van der Waals surface area contributed by atoms with Crippen LogP contribution in [0.2, 0.25) is 0 Å². The summed E-state index contributed by atoms with van der Waals surface area (Å²) in [5.74, 6) is -1.78. The molecule has 0 amide bonds. The minimum Gasteiger partial charge on any atom is -0.466 e. The van der Waals surface area contributed by atoms with Crippen LogP contribution in [0.5, 0.6) is 0 Å². The van der Waals surface area contributed by atoms with Gasteiger partial charge in [0.25, 0.3) is 0 Å². The lowest BCUT2D eigenvalue weighted by Gasteiger charge is -2.06. The summed E-state index contributed by atoms with van der Waals surface area (Å²) in [7, 11) is 0. The number of hydrogen-bond donors (Lipinski definition) is 0. The van der Waals surface area contributed by atoms with Crippen LogP contribution in [0.25, 0.3) is 0 Å². The first-order valence-corrected chi connectivity index (χ1v) is 4.69. The maximum Gasteiger partial charge on any atom is 0.550 e. The Hall–Kier alpha value is -1.79. The molecule has 0 atom stereocenters. The van der Waals surface area contributed by atoms with Crippen molar-refractivity contribution in [1.29, 1.82) is 0 Å². The molecule has 7 nitrogen and oxygen atoms in total. The molecule has 0 N–H and O–H groups in total. The Kier molecular flexibility index (Phi) is 6.66. The third-order valence-corrected chi connectivity index (χ3v) is 1.13. The van der Waals surface area contributed by atoms with Crippen molar-refractivity contribution in [2.45, 2.75) is 33.3 Å². The van der Waals surface area contributed by atoms with Crippen LogP contribution in [-0.2, 0) is 28.8 Å². The Bertz CT molecular complexity index is 259. The van der Waals surface area contributed by atoms with E-state index in [1.165, 1.54) is 0 Å². The average Bonchev–Trinajstić information content (AvgIpc) is 2.14. The van der Waals surface area contributed by atoms with E-state index < -0.39 is 30.6 Å². The van der Waals surface area contributed by atoms with E-state index in [4.69, 9.17) is 0 Å². The monoisotopic (exact) mass is 234 g/mol. The first kappa shape index (κ1) is 14.2. The summed E-state index contributed by atoms with van der Waals surface area (Å²) < 4.78 is 8.97. The zero-order valence-corrected chi connectivity index (χ0v) is 9.35. The average molecular weight is 234 g/mol. The molecule has 0 unspecified atom stereocenters. The SMILES string of the molecule is CCOC(=O)CC(=O)OOC(=O)OC(C)C. The van der Waals surface area contributed by atoms with Crippen molar-refractivity contribution in [1.82, 2.24) is 0 Å². The Labute approximate surface area is 92.5 Å². The lowest BCUT2D eigenvalue weighted by Crippen LogP contribution is -2.18. The molecular formula is C9H14O7. The van der Waals surface area contributed by atoms with Crippen LogP contribution in [-0.4, -0.2) is 30.8 Å². The molecule has 0 aliphatic heterocycles. The van der Waals surface area contributed by atoms with Gasteiger partial charge in [0.15, 0.2) is 0 Å². The number of hydrogen-bond acceptors (Lipinski definition) is 7. The third-order valence-electron chi connectivity index (χ3n) is 1.13. The predicted molar refractivity (Wildman–Crippen MR) is 50.0 cm³/mol. The van der Waals surface area contributed by atoms with E-state index in [0.29, 0.717) is 0 Å². The van der Waals surface area contributed by atoms with Crippen LogP contribution in [0.15, 0.2) is 0 Å². The summed E-state index contributed by atoms with van der Waals surface area (Å²) in [5.41, 5.74) is 0. The van der Waals surface area contributed by atoms with E-state index in [-0.39, 0.29) is 6.61 Å². The highest BCUT2D eigenvalue weighted by Gasteiger charge is 2.16. The number of ether oxygens (including phenoxy) is 2. The van der Waals surface area contributed by atoms with E-state index >= 15 is 0 Å². The fourth-order valence-corrected chi connectivity index (χ4v) is 0.652.